The second kappa shape index (κ2) is 17.9. The van der Waals surface area contributed by atoms with Crippen LogP contribution < -0.4 is 20.3 Å². The van der Waals surface area contributed by atoms with Gasteiger partial charge in [-0.2, -0.15) is 0 Å². The van der Waals surface area contributed by atoms with Crippen LogP contribution in [0.4, 0.5) is 5.69 Å². The van der Waals surface area contributed by atoms with Crippen molar-refractivity contribution in [2.75, 3.05) is 18.6 Å². The number of ether oxygens (including phenoxy) is 1. The average molecular weight is 723 g/mol. The van der Waals surface area contributed by atoms with Gasteiger partial charge in [0.2, 0.25) is 17.7 Å². The molecule has 1 aliphatic heterocycles. The topological polar surface area (TPSA) is 145 Å². The number of methoxy groups -OCH3 is 1. The number of carboxylic acids is 1. The van der Waals surface area contributed by atoms with Gasteiger partial charge in [0.25, 0.3) is 5.91 Å². The maximum absolute atomic E-state index is 14.5. The molecule has 5 rings (SSSR count). The smallest absolute Gasteiger partial charge is 0.352 e. The van der Waals surface area contributed by atoms with Crippen molar-refractivity contribution in [3.05, 3.63) is 101 Å². The van der Waals surface area contributed by atoms with Crippen molar-refractivity contribution in [1.82, 2.24) is 15.5 Å². The van der Waals surface area contributed by atoms with Crippen LogP contribution in [0, 0.1) is 5.41 Å². The molecule has 0 radical (unpaired) electrons. The summed E-state index contributed by atoms with van der Waals surface area (Å²) in [7, 11) is 1.60. The third-order valence-corrected chi connectivity index (χ3v) is 10.3. The molecule has 0 spiro atoms. The van der Waals surface area contributed by atoms with Crippen LogP contribution in [-0.2, 0) is 36.8 Å². The predicted molar refractivity (Wildman–Crippen MR) is 203 cm³/mol. The molecule has 11 heteroatoms. The van der Waals surface area contributed by atoms with Crippen molar-refractivity contribution >= 4 is 41.4 Å². The zero-order chi connectivity index (χ0) is 38.0. The largest absolute Gasteiger partial charge is 0.497 e. The van der Waals surface area contributed by atoms with Crippen LogP contribution in [-0.4, -0.2) is 65.5 Å². The van der Waals surface area contributed by atoms with E-state index in [-0.39, 0.29) is 29.3 Å². The summed E-state index contributed by atoms with van der Waals surface area (Å²) in [6, 6.07) is 23.7. The Hall–Kier alpha value is -5.45. The molecule has 2 unspecified atom stereocenters. The van der Waals surface area contributed by atoms with Gasteiger partial charge in [0, 0.05) is 32.0 Å². The summed E-state index contributed by atoms with van der Waals surface area (Å²) >= 11 is 0. The number of nitrogens with zero attached hydrogens (tertiary/aromatic N) is 2. The molecular weight excluding hydrogens is 672 g/mol. The van der Waals surface area contributed by atoms with E-state index in [0.29, 0.717) is 74.9 Å². The van der Waals surface area contributed by atoms with E-state index >= 15 is 0 Å². The quantitative estimate of drug-likeness (QED) is 0.157. The lowest BCUT2D eigenvalue weighted by Gasteiger charge is -2.32. The standard InChI is InChI=1S/C42H50N4O7/c1-4-10-38(48)46-36(28-32-15-20-34(53-3)21-16-32)39(49)45(37(46)22-17-30-11-6-5-7-12-30)33-18-13-31(14-19-33)27-35(40(50)51)44-41(52)42(23-8-9-24-42)25-26-43-29(2)47/h5-7,11-16,18-21,27,36-37H,4,8-10,17,22-26,28H2,1-3H3,(H,43,47)(H,44,52)(H,50,51)/b35-27-. The number of amides is 4. The van der Waals surface area contributed by atoms with Gasteiger partial charge >= 0.3 is 5.97 Å². The van der Waals surface area contributed by atoms with Gasteiger partial charge in [0.1, 0.15) is 23.7 Å². The van der Waals surface area contributed by atoms with Crippen molar-refractivity contribution in [3.63, 3.8) is 0 Å². The minimum absolute atomic E-state index is 0.0848. The van der Waals surface area contributed by atoms with Crippen LogP contribution >= 0.6 is 0 Å². The minimum Gasteiger partial charge on any atom is -0.497 e. The van der Waals surface area contributed by atoms with Crippen molar-refractivity contribution in [2.45, 2.75) is 90.3 Å². The van der Waals surface area contributed by atoms with E-state index in [1.54, 1.807) is 41.2 Å². The Balaban J connectivity index is 1.43. The minimum atomic E-state index is -1.28. The fourth-order valence-corrected chi connectivity index (χ4v) is 7.54. The van der Waals surface area contributed by atoms with E-state index in [2.05, 4.69) is 10.6 Å². The van der Waals surface area contributed by atoms with Gasteiger partial charge in [0.05, 0.1) is 12.5 Å². The van der Waals surface area contributed by atoms with Crippen LogP contribution in [0.2, 0.25) is 0 Å². The number of anilines is 1. The molecule has 2 atom stereocenters. The van der Waals surface area contributed by atoms with Gasteiger partial charge < -0.3 is 25.4 Å². The van der Waals surface area contributed by atoms with Gasteiger partial charge in [-0.25, -0.2) is 4.79 Å². The highest BCUT2D eigenvalue weighted by atomic mass is 16.5. The SMILES string of the molecule is CCCC(=O)N1C(Cc2ccc(OC)cc2)C(=O)N(c2ccc(/C=C(\NC(=O)C3(CCNC(C)=O)CCCC3)C(=O)O)cc2)C1CCc1ccccc1. The average Bonchev–Trinajstić information content (AvgIpc) is 3.74. The van der Waals surface area contributed by atoms with Crippen LogP contribution in [0.5, 0.6) is 5.75 Å². The van der Waals surface area contributed by atoms with Gasteiger partial charge in [0.15, 0.2) is 0 Å². The summed E-state index contributed by atoms with van der Waals surface area (Å²) < 4.78 is 5.32. The van der Waals surface area contributed by atoms with E-state index in [1.807, 2.05) is 61.5 Å². The molecule has 3 N–H and O–H groups in total. The normalized spacial score (nSPS) is 18.2. The number of aliphatic carboxylic acids is 1. The molecule has 53 heavy (non-hydrogen) atoms. The van der Waals surface area contributed by atoms with E-state index in [4.69, 9.17) is 4.74 Å². The molecule has 11 nitrogen and oxygen atoms in total. The van der Waals surface area contributed by atoms with E-state index in [0.717, 1.165) is 24.0 Å². The number of benzene rings is 3. The molecule has 1 saturated carbocycles. The molecule has 4 amide bonds. The van der Waals surface area contributed by atoms with Gasteiger partial charge in [-0.3, -0.25) is 24.1 Å². The summed E-state index contributed by atoms with van der Waals surface area (Å²) in [6.45, 7) is 3.70. The van der Waals surface area contributed by atoms with Crippen molar-refractivity contribution in [2.24, 2.45) is 5.41 Å². The van der Waals surface area contributed by atoms with Crippen molar-refractivity contribution in [3.8, 4) is 5.75 Å². The first kappa shape index (κ1) is 38.8. The molecule has 1 aliphatic carbocycles. The van der Waals surface area contributed by atoms with Gasteiger partial charge in [-0.1, -0.05) is 74.4 Å². The van der Waals surface area contributed by atoms with Crippen LogP contribution in [0.3, 0.4) is 0 Å². The lowest BCUT2D eigenvalue weighted by molar-refractivity contribution is -0.137. The number of rotatable bonds is 16. The van der Waals surface area contributed by atoms with Crippen LogP contribution in [0.15, 0.2) is 84.6 Å². The van der Waals surface area contributed by atoms with Crippen molar-refractivity contribution < 1.29 is 33.8 Å². The van der Waals surface area contributed by atoms with Crippen molar-refractivity contribution in [1.29, 1.82) is 0 Å². The van der Waals surface area contributed by atoms with E-state index in [9.17, 15) is 29.1 Å². The molecule has 1 saturated heterocycles. The molecule has 2 aliphatic rings. The molecular formula is C42H50N4O7. The monoisotopic (exact) mass is 722 g/mol. The van der Waals surface area contributed by atoms with Crippen LogP contribution in [0.1, 0.15) is 81.9 Å². The summed E-state index contributed by atoms with van der Waals surface area (Å²) in [4.78, 5) is 69.1. The molecule has 2 fully saturated rings. The Kier molecular flexibility index (Phi) is 13.1. The molecule has 3 aromatic rings. The first-order valence-electron chi connectivity index (χ1n) is 18.5. The predicted octanol–water partition coefficient (Wildman–Crippen LogP) is 5.87. The highest BCUT2D eigenvalue weighted by molar-refractivity contribution is 6.04. The van der Waals surface area contributed by atoms with E-state index in [1.165, 1.54) is 13.0 Å². The molecule has 1 heterocycles. The number of carbonyl (C=O) groups excluding carboxylic acids is 4. The lowest BCUT2D eigenvalue weighted by atomic mass is 9.81. The zero-order valence-corrected chi connectivity index (χ0v) is 30.8. The number of carboxylic acid groups (broad SMARTS) is 1. The maximum Gasteiger partial charge on any atom is 0.352 e. The Labute approximate surface area is 311 Å². The summed E-state index contributed by atoms with van der Waals surface area (Å²) in [5, 5.41) is 15.5. The molecule has 0 aromatic heterocycles. The Morgan fingerprint density at radius 3 is 2.23 bits per heavy atom. The van der Waals surface area contributed by atoms with Crippen LogP contribution in [0.25, 0.3) is 6.08 Å². The Morgan fingerprint density at radius 2 is 1.62 bits per heavy atom. The third-order valence-electron chi connectivity index (χ3n) is 10.3. The second-order valence-electron chi connectivity index (χ2n) is 14.0. The van der Waals surface area contributed by atoms with E-state index < -0.39 is 23.6 Å². The highest BCUT2D eigenvalue weighted by Gasteiger charge is 2.48. The Bertz CT molecular complexity index is 1780. The first-order valence-corrected chi connectivity index (χ1v) is 18.5. The third kappa shape index (κ3) is 9.51. The first-order chi connectivity index (χ1) is 25.5. The maximum atomic E-state index is 14.5. The lowest BCUT2D eigenvalue weighted by Crippen LogP contribution is -2.45. The number of hydrogen-bond donors (Lipinski definition) is 3. The number of nitrogens with one attached hydrogen (secondary N) is 2. The molecule has 0 bridgehead atoms. The Morgan fingerprint density at radius 1 is 0.943 bits per heavy atom. The summed E-state index contributed by atoms with van der Waals surface area (Å²) in [5.41, 5.74) is 2.09. The summed E-state index contributed by atoms with van der Waals surface area (Å²) in [5.74, 6) is -1.40. The number of hydrogen-bond acceptors (Lipinski definition) is 6. The fraction of sp³-hybridized carbons (Fsp3) is 0.405. The van der Waals surface area contributed by atoms with Gasteiger partial charge in [-0.15, -0.1) is 0 Å². The second-order valence-corrected chi connectivity index (χ2v) is 14.0. The zero-order valence-electron chi connectivity index (χ0n) is 30.8. The summed E-state index contributed by atoms with van der Waals surface area (Å²) in [6.07, 6.45) is 6.68. The number of aryl methyl sites for hydroxylation is 1. The van der Waals surface area contributed by atoms with Gasteiger partial charge in [-0.05, 0) is 85.6 Å². The highest BCUT2D eigenvalue weighted by Crippen LogP contribution is 2.41. The molecule has 3 aromatic carbocycles. The fourth-order valence-electron chi connectivity index (χ4n) is 7.54. The molecule has 280 valence electrons. The number of carbonyl (C=O) groups is 5.